The minimum Gasteiger partial charge on any atom is -0.486 e. The smallest absolute Gasteiger partial charge is 0.227 e. The van der Waals surface area contributed by atoms with Crippen LogP contribution in [0.4, 0.5) is 11.5 Å². The van der Waals surface area contributed by atoms with Crippen LogP contribution in [-0.4, -0.2) is 57.2 Å². The number of nitrogens with zero attached hydrogens (tertiary/aromatic N) is 6. The molecule has 1 saturated heterocycles. The fourth-order valence-corrected chi connectivity index (χ4v) is 3.67. The van der Waals surface area contributed by atoms with Crippen LogP contribution in [0.25, 0.3) is 5.82 Å². The fraction of sp³-hybridized carbons (Fsp3) is 0.350. The Morgan fingerprint density at radius 2 is 1.77 bits per heavy atom. The van der Waals surface area contributed by atoms with Gasteiger partial charge in [-0.05, 0) is 37.1 Å². The molecule has 30 heavy (non-hydrogen) atoms. The third-order valence-corrected chi connectivity index (χ3v) is 5.29. The predicted octanol–water partition coefficient (Wildman–Crippen LogP) is 1.68. The molecule has 2 aliphatic heterocycles. The number of nitrogens with one attached hydrogen (secondary N) is 1. The number of hydrogen-bond donors (Lipinski definition) is 1. The summed E-state index contributed by atoms with van der Waals surface area (Å²) in [4.78, 5) is 18.8. The number of piperidine rings is 1. The van der Waals surface area contributed by atoms with Gasteiger partial charge in [-0.15, -0.1) is 10.2 Å². The van der Waals surface area contributed by atoms with Gasteiger partial charge in [0.1, 0.15) is 25.9 Å². The van der Waals surface area contributed by atoms with E-state index in [1.165, 1.54) is 6.33 Å². The molecule has 0 saturated carbocycles. The number of aromatic nitrogens is 5. The summed E-state index contributed by atoms with van der Waals surface area (Å²) in [5.41, 5.74) is 0.723. The molecule has 0 unspecified atom stereocenters. The van der Waals surface area contributed by atoms with E-state index in [1.807, 2.05) is 30.3 Å². The Labute approximate surface area is 172 Å². The molecule has 2 aliphatic rings. The van der Waals surface area contributed by atoms with Crippen molar-refractivity contribution in [3.05, 3.63) is 43.0 Å². The van der Waals surface area contributed by atoms with Crippen LogP contribution in [-0.2, 0) is 4.79 Å². The number of carbonyl (C=O) groups is 1. The van der Waals surface area contributed by atoms with Gasteiger partial charge < -0.3 is 19.7 Å². The summed E-state index contributed by atoms with van der Waals surface area (Å²) >= 11 is 0. The SMILES string of the molecule is O=C(Nc1ccc2c(c1)OCCO2)C1CCN(c2ccc(-n3cncn3)nn2)CC1. The first-order chi connectivity index (χ1) is 14.8. The number of carbonyl (C=O) groups excluding carboxylic acids is 1. The maximum Gasteiger partial charge on any atom is 0.227 e. The van der Waals surface area contributed by atoms with Crippen molar-refractivity contribution in [3.8, 4) is 17.3 Å². The highest BCUT2D eigenvalue weighted by Gasteiger charge is 2.26. The third kappa shape index (κ3) is 3.76. The summed E-state index contributed by atoms with van der Waals surface area (Å²) in [5.74, 6) is 2.77. The highest BCUT2D eigenvalue weighted by molar-refractivity contribution is 5.93. The molecule has 0 radical (unpaired) electrons. The first-order valence-corrected chi connectivity index (χ1v) is 9.90. The van der Waals surface area contributed by atoms with Gasteiger partial charge in [0, 0.05) is 30.8 Å². The first-order valence-electron chi connectivity index (χ1n) is 9.90. The van der Waals surface area contributed by atoms with Gasteiger partial charge >= 0.3 is 0 Å². The van der Waals surface area contributed by atoms with Crippen LogP contribution >= 0.6 is 0 Å². The standard InChI is InChI=1S/C20H21N7O3/c28-20(23-15-1-2-16-17(11-15)30-10-9-29-16)14-5-7-26(8-6-14)18-3-4-19(25-24-18)27-13-21-12-22-27/h1-4,11-14H,5-10H2,(H,23,28). The molecule has 0 aliphatic carbocycles. The van der Waals surface area contributed by atoms with Crippen LogP contribution in [0.2, 0.25) is 0 Å². The topological polar surface area (TPSA) is 107 Å². The molecule has 0 atom stereocenters. The van der Waals surface area contributed by atoms with Crippen molar-refractivity contribution >= 4 is 17.4 Å². The molecule has 0 spiro atoms. The van der Waals surface area contributed by atoms with Crippen molar-refractivity contribution in [2.45, 2.75) is 12.8 Å². The Bertz CT molecular complexity index is 1020. The Balaban J connectivity index is 1.17. The lowest BCUT2D eigenvalue weighted by Gasteiger charge is -2.31. The molecule has 0 bridgehead atoms. The minimum atomic E-state index is -0.0446. The van der Waals surface area contributed by atoms with Gasteiger partial charge in [0.05, 0.1) is 0 Å². The largest absolute Gasteiger partial charge is 0.486 e. The van der Waals surface area contributed by atoms with Crippen molar-refractivity contribution < 1.29 is 14.3 Å². The van der Waals surface area contributed by atoms with Crippen LogP contribution < -0.4 is 19.7 Å². The summed E-state index contributed by atoms with van der Waals surface area (Å²) in [6.45, 7) is 2.56. The zero-order valence-corrected chi connectivity index (χ0v) is 16.3. The number of amides is 1. The zero-order valence-electron chi connectivity index (χ0n) is 16.3. The van der Waals surface area contributed by atoms with Crippen molar-refractivity contribution in [2.75, 3.05) is 36.5 Å². The molecule has 1 N–H and O–H groups in total. The molecular formula is C20H21N7O3. The molecule has 4 heterocycles. The van der Waals surface area contributed by atoms with Gasteiger partial charge in [-0.3, -0.25) is 4.79 Å². The highest BCUT2D eigenvalue weighted by Crippen LogP contribution is 2.33. The number of ether oxygens (including phenoxy) is 2. The van der Waals surface area contributed by atoms with Crippen LogP contribution in [0.1, 0.15) is 12.8 Å². The number of benzene rings is 1. The maximum atomic E-state index is 12.7. The summed E-state index contributed by atoms with van der Waals surface area (Å²) in [6, 6.07) is 9.26. The lowest BCUT2D eigenvalue weighted by atomic mass is 9.96. The zero-order chi connectivity index (χ0) is 20.3. The van der Waals surface area contributed by atoms with Gasteiger partial charge in [-0.2, -0.15) is 5.10 Å². The third-order valence-electron chi connectivity index (χ3n) is 5.29. The number of fused-ring (bicyclic) bond motifs is 1. The summed E-state index contributed by atoms with van der Waals surface area (Å²) < 4.78 is 12.7. The van der Waals surface area contributed by atoms with E-state index in [0.29, 0.717) is 30.5 Å². The summed E-state index contributed by atoms with van der Waals surface area (Å²) in [6.07, 6.45) is 4.54. The van der Waals surface area contributed by atoms with Crippen molar-refractivity contribution in [1.29, 1.82) is 0 Å². The van der Waals surface area contributed by atoms with Gasteiger partial charge in [0.15, 0.2) is 23.1 Å². The van der Waals surface area contributed by atoms with E-state index in [-0.39, 0.29) is 11.8 Å². The lowest BCUT2D eigenvalue weighted by molar-refractivity contribution is -0.120. The summed E-state index contributed by atoms with van der Waals surface area (Å²) in [7, 11) is 0. The predicted molar refractivity (Wildman–Crippen MR) is 108 cm³/mol. The molecule has 154 valence electrons. The second kappa shape index (κ2) is 7.97. The fourth-order valence-electron chi connectivity index (χ4n) is 3.67. The average Bonchev–Trinajstić information content (AvgIpc) is 3.34. The van der Waals surface area contributed by atoms with E-state index in [0.717, 1.165) is 37.4 Å². The van der Waals surface area contributed by atoms with E-state index in [2.05, 4.69) is 30.5 Å². The molecule has 1 aromatic carbocycles. The molecule has 1 amide bonds. The molecular weight excluding hydrogens is 386 g/mol. The van der Waals surface area contributed by atoms with Crippen LogP contribution in [0.5, 0.6) is 11.5 Å². The quantitative estimate of drug-likeness (QED) is 0.696. The normalized spacial score (nSPS) is 16.3. The molecule has 10 nitrogen and oxygen atoms in total. The van der Waals surface area contributed by atoms with Crippen molar-refractivity contribution in [1.82, 2.24) is 25.0 Å². The monoisotopic (exact) mass is 407 g/mol. The number of hydrogen-bond acceptors (Lipinski definition) is 8. The lowest BCUT2D eigenvalue weighted by Crippen LogP contribution is -2.38. The highest BCUT2D eigenvalue weighted by atomic mass is 16.6. The van der Waals surface area contributed by atoms with E-state index >= 15 is 0 Å². The van der Waals surface area contributed by atoms with Crippen LogP contribution in [0.15, 0.2) is 43.0 Å². The van der Waals surface area contributed by atoms with Gasteiger partial charge in [0.2, 0.25) is 5.91 Å². The Morgan fingerprint density at radius 1 is 1.00 bits per heavy atom. The van der Waals surface area contributed by atoms with Crippen LogP contribution in [0.3, 0.4) is 0 Å². The van der Waals surface area contributed by atoms with E-state index in [4.69, 9.17) is 9.47 Å². The minimum absolute atomic E-state index is 0.0268. The molecule has 2 aromatic heterocycles. The average molecular weight is 407 g/mol. The van der Waals surface area contributed by atoms with Gasteiger partial charge in [-0.1, -0.05) is 0 Å². The second-order valence-corrected chi connectivity index (χ2v) is 7.20. The number of rotatable bonds is 4. The maximum absolute atomic E-state index is 12.7. The van der Waals surface area contributed by atoms with Crippen molar-refractivity contribution in [2.24, 2.45) is 5.92 Å². The second-order valence-electron chi connectivity index (χ2n) is 7.20. The summed E-state index contributed by atoms with van der Waals surface area (Å²) in [5, 5.41) is 15.6. The van der Waals surface area contributed by atoms with Crippen LogP contribution in [0, 0.1) is 5.92 Å². The Kier molecular flexibility index (Phi) is 4.88. The molecule has 1 fully saturated rings. The van der Waals surface area contributed by atoms with E-state index < -0.39 is 0 Å². The molecule has 3 aromatic rings. The Hall–Kier alpha value is -3.69. The Morgan fingerprint density at radius 3 is 2.50 bits per heavy atom. The van der Waals surface area contributed by atoms with Gasteiger partial charge in [0.25, 0.3) is 0 Å². The van der Waals surface area contributed by atoms with E-state index in [1.54, 1.807) is 11.0 Å². The van der Waals surface area contributed by atoms with Crippen molar-refractivity contribution in [3.63, 3.8) is 0 Å². The van der Waals surface area contributed by atoms with Gasteiger partial charge in [-0.25, -0.2) is 9.67 Å². The van der Waals surface area contributed by atoms with E-state index in [9.17, 15) is 4.79 Å². The first kappa shape index (κ1) is 18.3. The molecule has 5 rings (SSSR count). The number of anilines is 2. The molecule has 10 heteroatoms.